The van der Waals surface area contributed by atoms with Gasteiger partial charge in [0.1, 0.15) is 12.5 Å². The molecule has 0 spiro atoms. The first-order valence-electron chi connectivity index (χ1n) is 18.5. The van der Waals surface area contributed by atoms with Crippen molar-refractivity contribution in [3.63, 3.8) is 0 Å². The molecule has 0 saturated carbocycles. The third-order valence-electron chi connectivity index (χ3n) is 11.2. The molecule has 52 heavy (non-hydrogen) atoms. The predicted molar refractivity (Wildman–Crippen MR) is 202 cm³/mol. The van der Waals surface area contributed by atoms with Crippen molar-refractivity contribution in [1.82, 2.24) is 20.3 Å². The summed E-state index contributed by atoms with van der Waals surface area (Å²) < 4.78 is 10.8. The first-order chi connectivity index (χ1) is 25.0. The van der Waals surface area contributed by atoms with Crippen molar-refractivity contribution in [2.24, 2.45) is 17.8 Å². The van der Waals surface area contributed by atoms with Crippen molar-refractivity contribution in [3.05, 3.63) is 89.9 Å². The van der Waals surface area contributed by atoms with Gasteiger partial charge in [-0.15, -0.1) is 0 Å². The van der Waals surface area contributed by atoms with Gasteiger partial charge >= 0.3 is 11.9 Å². The lowest BCUT2D eigenvalue weighted by Crippen LogP contribution is -2.25. The number of rotatable bonds is 11. The van der Waals surface area contributed by atoms with Crippen molar-refractivity contribution < 1.29 is 28.7 Å². The highest BCUT2D eigenvalue weighted by molar-refractivity contribution is 6.24. The Morgan fingerprint density at radius 1 is 0.904 bits per heavy atom. The first-order valence-corrected chi connectivity index (χ1v) is 18.5. The Morgan fingerprint density at radius 3 is 2.29 bits per heavy atom. The fourth-order valence-corrected chi connectivity index (χ4v) is 8.29. The van der Waals surface area contributed by atoms with Gasteiger partial charge in [0.2, 0.25) is 0 Å². The summed E-state index contributed by atoms with van der Waals surface area (Å²) in [7, 11) is 1.29. The van der Waals surface area contributed by atoms with Crippen molar-refractivity contribution in [1.29, 1.82) is 0 Å². The molecule has 5 heterocycles. The SMILES string of the molecule is CCC/C(C)=C/COC(=O)CC[C@@H]1/C2=C3/c4[nH]c(c(C)c4C(=O)[C@@H]3C(=O)OC)/C=c3\[nH]/c(c(C=O)c3CC)=C\c3[nH]c(c(C)c3CC)/C=C(\N2)[C@H]1C. The molecule has 1 fully saturated rings. The van der Waals surface area contributed by atoms with Crippen LogP contribution in [0.15, 0.2) is 23.0 Å². The van der Waals surface area contributed by atoms with Crippen LogP contribution in [0.2, 0.25) is 0 Å². The molecule has 3 atom stereocenters. The molecule has 1 aliphatic carbocycles. The second-order valence-corrected chi connectivity index (χ2v) is 14.2. The summed E-state index contributed by atoms with van der Waals surface area (Å²) in [6.07, 6.45) is 12.9. The molecule has 0 unspecified atom stereocenters. The molecule has 0 amide bonds. The number of methoxy groups -OCH3 is 1. The van der Waals surface area contributed by atoms with Crippen molar-refractivity contribution in [2.45, 2.75) is 87.0 Å². The summed E-state index contributed by atoms with van der Waals surface area (Å²) in [5, 5.41) is 5.13. The molecular formula is C42H50N4O6. The highest BCUT2D eigenvalue weighted by atomic mass is 16.5. The van der Waals surface area contributed by atoms with E-state index in [-0.39, 0.29) is 36.6 Å². The number of hydrogen-bond acceptors (Lipinski definition) is 7. The van der Waals surface area contributed by atoms with E-state index >= 15 is 0 Å². The van der Waals surface area contributed by atoms with E-state index < -0.39 is 11.9 Å². The molecular weight excluding hydrogens is 656 g/mol. The molecule has 8 bridgehead atoms. The molecule has 0 radical (unpaired) electrons. The summed E-state index contributed by atoms with van der Waals surface area (Å²) >= 11 is 0. The van der Waals surface area contributed by atoms with Crippen LogP contribution in [0.1, 0.15) is 126 Å². The van der Waals surface area contributed by atoms with Crippen LogP contribution in [-0.2, 0) is 31.9 Å². The van der Waals surface area contributed by atoms with Gasteiger partial charge in [0.25, 0.3) is 0 Å². The summed E-state index contributed by atoms with van der Waals surface area (Å²) in [5.41, 5.74) is 11.3. The molecule has 1 saturated heterocycles. The Hall–Kier alpha value is -5.12. The Balaban J connectivity index is 1.58. The number of aromatic nitrogens is 3. The fourth-order valence-electron chi connectivity index (χ4n) is 8.29. The van der Waals surface area contributed by atoms with E-state index in [1.54, 1.807) is 0 Å². The molecule has 4 N–H and O–H groups in total. The van der Waals surface area contributed by atoms with E-state index in [1.165, 1.54) is 12.7 Å². The Bertz CT molecular complexity index is 2190. The molecule has 0 aromatic carbocycles. The maximum Gasteiger partial charge on any atom is 0.321 e. The van der Waals surface area contributed by atoms with Crippen molar-refractivity contribution in [2.75, 3.05) is 13.7 Å². The van der Waals surface area contributed by atoms with Crippen LogP contribution >= 0.6 is 0 Å². The minimum atomic E-state index is -1.17. The highest BCUT2D eigenvalue weighted by Crippen LogP contribution is 2.48. The zero-order valence-electron chi connectivity index (χ0n) is 31.5. The minimum Gasteiger partial charge on any atom is -0.468 e. The normalized spacial score (nSPS) is 22.9. The van der Waals surface area contributed by atoms with Gasteiger partial charge in [0.15, 0.2) is 12.1 Å². The van der Waals surface area contributed by atoms with Gasteiger partial charge in [-0.3, -0.25) is 19.2 Å². The van der Waals surface area contributed by atoms with Gasteiger partial charge in [0.05, 0.1) is 18.2 Å². The van der Waals surface area contributed by atoms with E-state index in [0.717, 1.165) is 70.4 Å². The van der Waals surface area contributed by atoms with Gasteiger partial charge in [-0.25, -0.2) is 0 Å². The van der Waals surface area contributed by atoms with Gasteiger partial charge < -0.3 is 29.7 Å². The zero-order valence-corrected chi connectivity index (χ0v) is 31.5. The minimum absolute atomic E-state index is 0.100. The third kappa shape index (κ3) is 6.33. The fraction of sp³-hybridized carbons (Fsp3) is 0.429. The zero-order chi connectivity index (χ0) is 37.4. The summed E-state index contributed by atoms with van der Waals surface area (Å²) in [6, 6.07) is 0. The number of ketones is 1. The maximum absolute atomic E-state index is 14.3. The Labute approximate surface area is 304 Å². The number of aldehydes is 1. The number of hydrogen-bond donors (Lipinski definition) is 4. The highest BCUT2D eigenvalue weighted by Gasteiger charge is 2.48. The number of ether oxygens (including phenoxy) is 2. The van der Waals surface area contributed by atoms with Crippen LogP contribution in [0.25, 0.3) is 23.8 Å². The quantitative estimate of drug-likeness (QED) is 0.0846. The second-order valence-electron chi connectivity index (χ2n) is 14.2. The summed E-state index contributed by atoms with van der Waals surface area (Å²) in [6.45, 7) is 14.6. The van der Waals surface area contributed by atoms with Crippen LogP contribution in [0.3, 0.4) is 0 Å². The van der Waals surface area contributed by atoms with Crippen LogP contribution in [0, 0.1) is 31.6 Å². The van der Waals surface area contributed by atoms with Crippen LogP contribution < -0.4 is 16.0 Å². The average Bonchev–Trinajstić information content (AvgIpc) is 3.87. The molecule has 3 aromatic heterocycles. The van der Waals surface area contributed by atoms with Gasteiger partial charge in [0, 0.05) is 68.8 Å². The Kier molecular flexibility index (Phi) is 10.5. The predicted octanol–water partition coefficient (Wildman–Crippen LogP) is 5.86. The number of esters is 2. The lowest BCUT2D eigenvalue weighted by atomic mass is 9.85. The van der Waals surface area contributed by atoms with E-state index in [9.17, 15) is 19.2 Å². The van der Waals surface area contributed by atoms with E-state index in [1.807, 2.05) is 39.0 Å². The van der Waals surface area contributed by atoms with Crippen molar-refractivity contribution in [3.8, 4) is 0 Å². The molecule has 6 rings (SSSR count). The number of aromatic amines is 3. The van der Waals surface area contributed by atoms with E-state index in [2.05, 4.69) is 54.0 Å². The number of carbonyl (C=O) groups is 4. The largest absolute Gasteiger partial charge is 0.468 e. The molecule has 3 aromatic rings. The maximum atomic E-state index is 14.3. The number of allylic oxidation sites excluding steroid dienone is 3. The molecule has 2 aliphatic heterocycles. The van der Waals surface area contributed by atoms with E-state index in [0.29, 0.717) is 51.8 Å². The third-order valence-corrected chi connectivity index (χ3v) is 11.2. The van der Waals surface area contributed by atoms with Crippen LogP contribution in [0.4, 0.5) is 0 Å². The molecule has 10 nitrogen and oxygen atoms in total. The lowest BCUT2D eigenvalue weighted by molar-refractivity contribution is -0.143. The van der Waals surface area contributed by atoms with Crippen LogP contribution in [0.5, 0.6) is 0 Å². The topological polar surface area (TPSA) is 146 Å². The average molecular weight is 707 g/mol. The Morgan fingerprint density at radius 2 is 1.62 bits per heavy atom. The molecule has 10 heteroatoms. The first kappa shape index (κ1) is 36.7. The second kappa shape index (κ2) is 14.9. The van der Waals surface area contributed by atoms with Gasteiger partial charge in [-0.05, 0) is 93.0 Å². The monoisotopic (exact) mass is 706 g/mol. The summed E-state index contributed by atoms with van der Waals surface area (Å²) in [4.78, 5) is 63.9. The van der Waals surface area contributed by atoms with E-state index in [4.69, 9.17) is 9.47 Å². The lowest BCUT2D eigenvalue weighted by Gasteiger charge is -2.19. The number of fused-ring (bicyclic) bond motifs is 7. The van der Waals surface area contributed by atoms with Gasteiger partial charge in [-0.2, -0.15) is 0 Å². The summed E-state index contributed by atoms with van der Waals surface area (Å²) in [5.74, 6) is -2.77. The van der Waals surface area contributed by atoms with Crippen molar-refractivity contribution >= 4 is 47.8 Å². The number of nitrogens with one attached hydrogen (secondary N) is 4. The smallest absolute Gasteiger partial charge is 0.321 e. The molecule has 3 aliphatic rings. The van der Waals surface area contributed by atoms with Crippen LogP contribution in [-0.4, -0.2) is 52.7 Å². The molecule has 274 valence electrons. The number of carbonyl (C=O) groups excluding carboxylic acids is 4. The van der Waals surface area contributed by atoms with Gasteiger partial charge in [-0.1, -0.05) is 39.7 Å². The standard InChI is InChI=1S/C42H50N4O6/c1-9-12-21(4)15-16-52-35(48)14-13-27-23(6)30-17-29-22(5)25(10-2)32(43-29)19-34-28(20-47)26(11-3)33(44-34)18-31-24(7)36-40(46-31)37(39(27)45-30)38(41(36)49)42(50)51-8/h15,17-20,23,27,38,43-46H,9-14,16H2,1-8H3/b21-15+,30-17-,33-18-,34-19-,39-37-/t23-,27-,38+/m0/s1. The number of Topliss-reactive ketones (excluding diaryl/α,β-unsaturated/α-hetero) is 1. The number of H-pyrrole nitrogens is 3.